The van der Waals surface area contributed by atoms with Crippen LogP contribution in [-0.4, -0.2) is 26.8 Å². The molecular weight excluding hydrogens is 416 g/mol. The van der Waals surface area contributed by atoms with Crippen LogP contribution in [0.5, 0.6) is 0 Å². The van der Waals surface area contributed by atoms with Crippen LogP contribution in [0, 0.1) is 6.92 Å². The highest BCUT2D eigenvalue weighted by molar-refractivity contribution is 6.05. The molecule has 0 bridgehead atoms. The van der Waals surface area contributed by atoms with Crippen LogP contribution in [0.25, 0.3) is 11.3 Å². The third kappa shape index (κ3) is 5.37. The number of nitrogens with one attached hydrogen (secondary N) is 3. The van der Waals surface area contributed by atoms with Crippen molar-refractivity contribution >= 4 is 34.7 Å². The molecule has 4 rings (SSSR count). The van der Waals surface area contributed by atoms with Crippen LogP contribution in [0.4, 0.5) is 22.9 Å². The van der Waals surface area contributed by atoms with E-state index in [9.17, 15) is 9.59 Å². The second-order valence-electron chi connectivity index (χ2n) is 7.36. The Morgan fingerprint density at radius 3 is 2.30 bits per heavy atom. The fourth-order valence-electron chi connectivity index (χ4n) is 3.23. The summed E-state index contributed by atoms with van der Waals surface area (Å²) in [5.74, 6) is 0.232. The first-order valence-corrected chi connectivity index (χ1v) is 10.3. The summed E-state index contributed by atoms with van der Waals surface area (Å²) < 4.78 is 0. The van der Waals surface area contributed by atoms with Crippen LogP contribution in [0.3, 0.4) is 0 Å². The first-order chi connectivity index (χ1) is 16.0. The van der Waals surface area contributed by atoms with Crippen molar-refractivity contribution in [2.24, 2.45) is 0 Å². The number of carbonyl (C=O) groups excluding carboxylic acids is 2. The van der Waals surface area contributed by atoms with Gasteiger partial charge in [0.15, 0.2) is 0 Å². The topological polar surface area (TPSA) is 109 Å². The van der Waals surface area contributed by atoms with E-state index in [-0.39, 0.29) is 11.8 Å². The average molecular weight is 438 g/mol. The summed E-state index contributed by atoms with van der Waals surface area (Å²) in [5.41, 5.74) is 5.08. The Morgan fingerprint density at radius 1 is 0.848 bits per heavy atom. The molecule has 0 aliphatic heterocycles. The number of aromatic nitrogens is 3. The number of rotatable bonds is 6. The molecule has 0 atom stereocenters. The number of pyridine rings is 1. The predicted octanol–water partition coefficient (Wildman–Crippen LogP) is 4.80. The monoisotopic (exact) mass is 438 g/mol. The Balaban J connectivity index is 1.54. The number of carbonyl (C=O) groups is 2. The van der Waals surface area contributed by atoms with Gasteiger partial charge in [0.2, 0.25) is 5.91 Å². The highest BCUT2D eigenvalue weighted by Crippen LogP contribution is 2.28. The highest BCUT2D eigenvalue weighted by atomic mass is 16.2. The van der Waals surface area contributed by atoms with Crippen molar-refractivity contribution < 1.29 is 9.59 Å². The Labute approximate surface area is 191 Å². The van der Waals surface area contributed by atoms with Crippen molar-refractivity contribution in [2.75, 3.05) is 16.0 Å². The molecule has 3 N–H and O–H groups in total. The number of benzene rings is 2. The van der Waals surface area contributed by atoms with Crippen LogP contribution >= 0.6 is 0 Å². The quantitative estimate of drug-likeness (QED) is 0.399. The minimum Gasteiger partial charge on any atom is -0.339 e. The third-order valence-electron chi connectivity index (χ3n) is 4.88. The summed E-state index contributed by atoms with van der Waals surface area (Å²) in [6.45, 7) is 3.40. The molecular formula is C25H22N6O2. The zero-order chi connectivity index (χ0) is 23.2. The van der Waals surface area contributed by atoms with Gasteiger partial charge < -0.3 is 16.0 Å². The molecule has 2 aromatic carbocycles. The van der Waals surface area contributed by atoms with Gasteiger partial charge in [0.25, 0.3) is 5.91 Å². The van der Waals surface area contributed by atoms with Gasteiger partial charge in [-0.2, -0.15) is 0 Å². The van der Waals surface area contributed by atoms with Crippen molar-refractivity contribution in [1.29, 1.82) is 0 Å². The zero-order valence-corrected chi connectivity index (χ0v) is 18.2. The Bertz CT molecular complexity index is 1290. The molecule has 0 saturated carbocycles. The second kappa shape index (κ2) is 9.69. The second-order valence-corrected chi connectivity index (χ2v) is 7.36. The number of hydrogen-bond donors (Lipinski definition) is 3. The van der Waals surface area contributed by atoms with E-state index < -0.39 is 0 Å². The van der Waals surface area contributed by atoms with E-state index >= 15 is 0 Å². The van der Waals surface area contributed by atoms with Crippen LogP contribution in [0.15, 0.2) is 79.4 Å². The van der Waals surface area contributed by atoms with E-state index in [2.05, 4.69) is 30.9 Å². The van der Waals surface area contributed by atoms with E-state index in [1.54, 1.807) is 48.8 Å². The lowest BCUT2D eigenvalue weighted by Gasteiger charge is -2.14. The van der Waals surface area contributed by atoms with Gasteiger partial charge in [0.05, 0.1) is 5.69 Å². The molecule has 0 fully saturated rings. The highest BCUT2D eigenvalue weighted by Gasteiger charge is 2.12. The summed E-state index contributed by atoms with van der Waals surface area (Å²) in [5, 5.41) is 8.90. The summed E-state index contributed by atoms with van der Waals surface area (Å²) in [7, 11) is 0. The number of hydrogen-bond acceptors (Lipinski definition) is 6. The average Bonchev–Trinajstić information content (AvgIpc) is 2.82. The lowest BCUT2D eigenvalue weighted by molar-refractivity contribution is -0.114. The van der Waals surface area contributed by atoms with Crippen molar-refractivity contribution in [3.8, 4) is 11.3 Å². The van der Waals surface area contributed by atoms with E-state index in [0.29, 0.717) is 22.8 Å². The van der Waals surface area contributed by atoms with E-state index in [4.69, 9.17) is 0 Å². The maximum Gasteiger partial charge on any atom is 0.255 e. The van der Waals surface area contributed by atoms with Crippen molar-refractivity contribution in [3.05, 3.63) is 90.5 Å². The van der Waals surface area contributed by atoms with Gasteiger partial charge >= 0.3 is 0 Å². The Hall–Kier alpha value is -4.59. The molecule has 164 valence electrons. The molecule has 4 aromatic rings. The Kier molecular flexibility index (Phi) is 6.36. The maximum atomic E-state index is 12.8. The van der Waals surface area contributed by atoms with E-state index in [0.717, 1.165) is 22.5 Å². The standard InChI is InChI=1S/C25H22N6O2/c1-16-5-6-18(25(33)30-20-9-7-19(8-10-20)29-17(2)32)14-23(16)31-24-21(4-3-12-27-24)22-11-13-26-15-28-22/h3-15H,1-2H3,(H,27,31)(H,29,32)(H,30,33). The maximum absolute atomic E-state index is 12.8. The first-order valence-electron chi connectivity index (χ1n) is 10.3. The van der Waals surface area contributed by atoms with Crippen LogP contribution in [0.1, 0.15) is 22.8 Å². The summed E-state index contributed by atoms with van der Waals surface area (Å²) >= 11 is 0. The molecule has 33 heavy (non-hydrogen) atoms. The number of aryl methyl sites for hydroxylation is 1. The molecule has 2 aromatic heterocycles. The zero-order valence-electron chi connectivity index (χ0n) is 18.2. The fourth-order valence-corrected chi connectivity index (χ4v) is 3.23. The molecule has 8 nitrogen and oxygen atoms in total. The molecule has 0 spiro atoms. The van der Waals surface area contributed by atoms with Crippen LogP contribution < -0.4 is 16.0 Å². The molecule has 0 unspecified atom stereocenters. The van der Waals surface area contributed by atoms with Gasteiger partial charge in [-0.15, -0.1) is 0 Å². The van der Waals surface area contributed by atoms with Gasteiger partial charge in [0.1, 0.15) is 12.1 Å². The van der Waals surface area contributed by atoms with Gasteiger partial charge in [-0.1, -0.05) is 6.07 Å². The molecule has 2 amide bonds. The third-order valence-corrected chi connectivity index (χ3v) is 4.88. The SMILES string of the molecule is CC(=O)Nc1ccc(NC(=O)c2ccc(C)c(Nc3ncccc3-c3ccncn3)c2)cc1. The molecule has 0 saturated heterocycles. The molecule has 2 heterocycles. The van der Waals surface area contributed by atoms with Crippen molar-refractivity contribution in [2.45, 2.75) is 13.8 Å². The number of amides is 2. The fraction of sp³-hybridized carbons (Fsp3) is 0.0800. The van der Waals surface area contributed by atoms with Gasteiger partial charge in [-0.25, -0.2) is 15.0 Å². The normalized spacial score (nSPS) is 10.4. The van der Waals surface area contributed by atoms with Gasteiger partial charge in [-0.05, 0) is 67.1 Å². The minimum absolute atomic E-state index is 0.151. The van der Waals surface area contributed by atoms with Crippen LogP contribution in [-0.2, 0) is 4.79 Å². The number of anilines is 4. The number of nitrogens with zero attached hydrogens (tertiary/aromatic N) is 3. The minimum atomic E-state index is -0.248. The first kappa shape index (κ1) is 21.6. The molecule has 0 aliphatic carbocycles. The Morgan fingerprint density at radius 2 is 1.61 bits per heavy atom. The smallest absolute Gasteiger partial charge is 0.255 e. The lowest BCUT2D eigenvalue weighted by atomic mass is 10.1. The van der Waals surface area contributed by atoms with Gasteiger partial charge in [-0.3, -0.25) is 9.59 Å². The predicted molar refractivity (Wildman–Crippen MR) is 128 cm³/mol. The van der Waals surface area contributed by atoms with Crippen molar-refractivity contribution in [3.63, 3.8) is 0 Å². The van der Waals surface area contributed by atoms with Crippen molar-refractivity contribution in [1.82, 2.24) is 15.0 Å². The largest absolute Gasteiger partial charge is 0.339 e. The molecule has 8 heteroatoms. The lowest BCUT2D eigenvalue weighted by Crippen LogP contribution is -2.13. The van der Waals surface area contributed by atoms with E-state index in [1.165, 1.54) is 13.3 Å². The van der Waals surface area contributed by atoms with E-state index in [1.807, 2.05) is 31.2 Å². The molecule has 0 aliphatic rings. The summed E-state index contributed by atoms with van der Waals surface area (Å²) in [6.07, 6.45) is 4.87. The molecule has 0 radical (unpaired) electrons. The summed E-state index contributed by atoms with van der Waals surface area (Å²) in [6, 6.07) is 18.0. The summed E-state index contributed by atoms with van der Waals surface area (Å²) in [4.78, 5) is 36.7. The van der Waals surface area contributed by atoms with Crippen LogP contribution in [0.2, 0.25) is 0 Å². The van der Waals surface area contributed by atoms with Gasteiger partial charge in [0, 0.05) is 47.5 Å².